The summed E-state index contributed by atoms with van der Waals surface area (Å²) in [5, 5.41) is 11.9. The average Bonchev–Trinajstić information content (AvgIpc) is 2.37. The van der Waals surface area contributed by atoms with Crippen LogP contribution >= 0.6 is 11.3 Å². The van der Waals surface area contributed by atoms with Gasteiger partial charge in [0.25, 0.3) is 0 Å². The number of halogens is 3. The van der Waals surface area contributed by atoms with E-state index in [-0.39, 0.29) is 6.42 Å². The van der Waals surface area contributed by atoms with Crippen LogP contribution < -0.4 is 0 Å². The zero-order valence-corrected chi connectivity index (χ0v) is 6.82. The molecule has 0 aliphatic carbocycles. The van der Waals surface area contributed by atoms with Gasteiger partial charge in [0.1, 0.15) is 0 Å². The lowest BCUT2D eigenvalue weighted by molar-refractivity contribution is -0.203. The molecular weight excluding hydrogens is 189 g/mol. The van der Waals surface area contributed by atoms with Gasteiger partial charge in [-0.05, 0) is 22.4 Å². The molecular formula is C7H7F3OS. The summed E-state index contributed by atoms with van der Waals surface area (Å²) in [6, 6.07) is 1.57. The zero-order valence-electron chi connectivity index (χ0n) is 6.01. The van der Waals surface area contributed by atoms with E-state index in [1.54, 1.807) is 16.8 Å². The van der Waals surface area contributed by atoms with Gasteiger partial charge in [-0.15, -0.1) is 0 Å². The molecule has 0 aliphatic rings. The van der Waals surface area contributed by atoms with Gasteiger partial charge in [0.05, 0.1) is 0 Å². The lowest BCUT2D eigenvalue weighted by Crippen LogP contribution is -2.30. The van der Waals surface area contributed by atoms with Crippen molar-refractivity contribution in [1.82, 2.24) is 0 Å². The predicted octanol–water partition coefficient (Wildman–Crippen LogP) is 2.21. The highest BCUT2D eigenvalue weighted by Crippen LogP contribution is 2.23. The molecule has 1 aromatic rings. The van der Waals surface area contributed by atoms with E-state index in [1.165, 1.54) is 11.3 Å². The fourth-order valence-corrected chi connectivity index (χ4v) is 1.43. The van der Waals surface area contributed by atoms with Crippen LogP contribution in [0.5, 0.6) is 0 Å². The molecule has 1 atom stereocenters. The van der Waals surface area contributed by atoms with Crippen LogP contribution in [-0.2, 0) is 6.42 Å². The normalized spacial score (nSPS) is 14.7. The first-order valence-electron chi connectivity index (χ1n) is 3.26. The second kappa shape index (κ2) is 3.45. The van der Waals surface area contributed by atoms with Crippen LogP contribution in [0.2, 0.25) is 0 Å². The molecule has 0 saturated heterocycles. The molecule has 1 nitrogen and oxygen atoms in total. The largest absolute Gasteiger partial charge is 0.414 e. The van der Waals surface area contributed by atoms with Crippen molar-refractivity contribution in [3.05, 3.63) is 22.4 Å². The third kappa shape index (κ3) is 2.49. The first-order chi connectivity index (χ1) is 5.50. The second-order valence-corrected chi connectivity index (χ2v) is 3.17. The van der Waals surface area contributed by atoms with Crippen LogP contribution in [0.1, 0.15) is 5.56 Å². The summed E-state index contributed by atoms with van der Waals surface area (Å²) in [5.74, 6) is 0. The maximum Gasteiger partial charge on any atom is 0.414 e. The Labute approximate surface area is 71.5 Å². The molecule has 0 bridgehead atoms. The molecule has 0 radical (unpaired) electrons. The highest BCUT2D eigenvalue weighted by Gasteiger charge is 2.37. The Bertz CT molecular complexity index is 229. The summed E-state index contributed by atoms with van der Waals surface area (Å²) in [4.78, 5) is 0. The lowest BCUT2D eigenvalue weighted by atomic mass is 10.1. The highest BCUT2D eigenvalue weighted by atomic mass is 32.1. The van der Waals surface area contributed by atoms with Crippen molar-refractivity contribution >= 4 is 11.3 Å². The monoisotopic (exact) mass is 196 g/mol. The molecule has 0 saturated carbocycles. The lowest BCUT2D eigenvalue weighted by Gasteiger charge is -2.12. The predicted molar refractivity (Wildman–Crippen MR) is 40.1 cm³/mol. The number of aliphatic hydroxyl groups is 1. The summed E-state index contributed by atoms with van der Waals surface area (Å²) in [5.41, 5.74) is 0.518. The van der Waals surface area contributed by atoms with Crippen molar-refractivity contribution in [3.63, 3.8) is 0 Å². The van der Waals surface area contributed by atoms with Crippen LogP contribution in [0.3, 0.4) is 0 Å². The molecule has 0 amide bonds. The van der Waals surface area contributed by atoms with Crippen molar-refractivity contribution in [3.8, 4) is 0 Å². The number of rotatable bonds is 2. The average molecular weight is 196 g/mol. The summed E-state index contributed by atoms with van der Waals surface area (Å²) in [6.45, 7) is 0. The molecule has 0 aromatic carbocycles. The number of aliphatic hydroxyl groups excluding tert-OH is 1. The van der Waals surface area contributed by atoms with Crippen molar-refractivity contribution in [1.29, 1.82) is 0 Å². The van der Waals surface area contributed by atoms with Crippen molar-refractivity contribution in [2.75, 3.05) is 0 Å². The smallest absolute Gasteiger partial charge is 0.383 e. The minimum atomic E-state index is -4.51. The van der Waals surface area contributed by atoms with E-state index in [1.807, 2.05) is 0 Å². The Morgan fingerprint density at radius 1 is 1.50 bits per heavy atom. The van der Waals surface area contributed by atoms with Crippen LogP contribution in [0.25, 0.3) is 0 Å². The Kier molecular flexibility index (Phi) is 2.74. The van der Waals surface area contributed by atoms with Crippen LogP contribution in [0, 0.1) is 0 Å². The van der Waals surface area contributed by atoms with Gasteiger partial charge in [-0.25, -0.2) is 0 Å². The summed E-state index contributed by atoms with van der Waals surface area (Å²) < 4.78 is 35.4. The Balaban J connectivity index is 2.53. The topological polar surface area (TPSA) is 20.2 Å². The van der Waals surface area contributed by atoms with Gasteiger partial charge in [-0.1, -0.05) is 0 Å². The van der Waals surface area contributed by atoms with Crippen LogP contribution in [0.4, 0.5) is 13.2 Å². The van der Waals surface area contributed by atoms with E-state index in [0.29, 0.717) is 5.56 Å². The van der Waals surface area contributed by atoms with Gasteiger partial charge in [0.15, 0.2) is 6.10 Å². The van der Waals surface area contributed by atoms with Gasteiger partial charge in [-0.3, -0.25) is 0 Å². The molecule has 1 aromatic heterocycles. The number of alkyl halides is 3. The number of thiophene rings is 1. The standard InChI is InChI=1S/C7H7F3OS/c8-7(9,10)6(11)3-5-1-2-12-4-5/h1-2,4,6,11H,3H2/t6-/m1/s1. The van der Waals surface area contributed by atoms with E-state index in [2.05, 4.69) is 0 Å². The van der Waals surface area contributed by atoms with E-state index in [9.17, 15) is 13.2 Å². The fourth-order valence-electron chi connectivity index (χ4n) is 0.748. The number of hydrogen-bond acceptors (Lipinski definition) is 2. The fraction of sp³-hybridized carbons (Fsp3) is 0.429. The zero-order chi connectivity index (χ0) is 9.19. The first-order valence-corrected chi connectivity index (χ1v) is 4.20. The first kappa shape index (κ1) is 9.54. The van der Waals surface area contributed by atoms with E-state index in [0.717, 1.165) is 0 Å². The van der Waals surface area contributed by atoms with Crippen LogP contribution in [-0.4, -0.2) is 17.4 Å². The Morgan fingerprint density at radius 2 is 2.17 bits per heavy atom. The van der Waals surface area contributed by atoms with Crippen LogP contribution in [0.15, 0.2) is 16.8 Å². The molecule has 1 N–H and O–H groups in total. The summed E-state index contributed by atoms with van der Waals surface area (Å²) in [7, 11) is 0. The third-order valence-corrected chi connectivity index (χ3v) is 2.12. The minimum Gasteiger partial charge on any atom is -0.383 e. The molecule has 68 valence electrons. The summed E-state index contributed by atoms with van der Waals surface area (Å²) >= 11 is 1.31. The molecule has 0 spiro atoms. The molecule has 0 fully saturated rings. The van der Waals surface area contributed by atoms with Gasteiger partial charge in [-0.2, -0.15) is 24.5 Å². The van der Waals surface area contributed by atoms with E-state index >= 15 is 0 Å². The Morgan fingerprint density at radius 3 is 2.58 bits per heavy atom. The minimum absolute atomic E-state index is 0.354. The van der Waals surface area contributed by atoms with Crippen molar-refractivity contribution < 1.29 is 18.3 Å². The van der Waals surface area contributed by atoms with Gasteiger partial charge >= 0.3 is 6.18 Å². The van der Waals surface area contributed by atoms with E-state index in [4.69, 9.17) is 5.11 Å². The molecule has 1 heterocycles. The maximum absolute atomic E-state index is 11.8. The molecule has 5 heteroatoms. The van der Waals surface area contributed by atoms with Gasteiger partial charge in [0, 0.05) is 6.42 Å². The number of hydrogen-bond donors (Lipinski definition) is 1. The molecule has 12 heavy (non-hydrogen) atoms. The quantitative estimate of drug-likeness (QED) is 0.768. The highest BCUT2D eigenvalue weighted by molar-refractivity contribution is 7.07. The van der Waals surface area contributed by atoms with Crippen molar-refractivity contribution in [2.45, 2.75) is 18.7 Å². The molecule has 0 aliphatic heterocycles. The van der Waals surface area contributed by atoms with Gasteiger partial charge < -0.3 is 5.11 Å². The molecule has 0 unspecified atom stereocenters. The maximum atomic E-state index is 11.8. The van der Waals surface area contributed by atoms with Gasteiger partial charge in [0.2, 0.25) is 0 Å². The Hall–Kier alpha value is -0.550. The third-order valence-electron chi connectivity index (χ3n) is 1.39. The van der Waals surface area contributed by atoms with Crippen molar-refractivity contribution in [2.24, 2.45) is 0 Å². The summed E-state index contributed by atoms with van der Waals surface area (Å²) in [6.07, 6.45) is -7.11. The van der Waals surface area contributed by atoms with E-state index < -0.39 is 12.3 Å². The molecule has 1 rings (SSSR count). The SMILES string of the molecule is O[C@H](Cc1ccsc1)C(F)(F)F. The second-order valence-electron chi connectivity index (χ2n) is 2.39.